The molecule has 6 aromatic rings. The Morgan fingerprint density at radius 1 is 0.880 bits per heavy atom. The number of nitrogens with zero attached hydrogens (tertiary/aromatic N) is 5. The smallest absolute Gasteiger partial charge is 0.417 e. The Bertz CT molecular complexity index is 2270. The average Bonchev–Trinajstić information content (AvgIpc) is 3.46. The summed E-state index contributed by atoms with van der Waals surface area (Å²) in [5.41, 5.74) is 1.58. The summed E-state index contributed by atoms with van der Waals surface area (Å²) in [6.07, 6.45) is -3.95. The average molecular weight is 692 g/mol. The zero-order chi connectivity index (χ0) is 35.7. The topological polar surface area (TPSA) is 114 Å². The van der Waals surface area contributed by atoms with Crippen molar-refractivity contribution in [3.05, 3.63) is 114 Å². The highest BCUT2D eigenvalue weighted by Crippen LogP contribution is 2.37. The minimum Gasteiger partial charge on any atom is -0.417 e. The molecule has 0 bridgehead atoms. The molecule has 0 aliphatic carbocycles. The maximum Gasteiger partial charge on any atom is 0.491 e. The van der Waals surface area contributed by atoms with Crippen molar-refractivity contribution in [3.63, 3.8) is 0 Å². The van der Waals surface area contributed by atoms with Gasteiger partial charge in [0.15, 0.2) is 11.6 Å². The molecule has 0 radical (unpaired) electrons. The third kappa shape index (κ3) is 6.76. The number of rotatable bonds is 8. The lowest BCUT2D eigenvalue weighted by atomic mass is 10.0. The van der Waals surface area contributed by atoms with Crippen LogP contribution in [0.1, 0.15) is 10.4 Å². The molecule has 0 atom stereocenters. The normalized spacial score (nSPS) is 11.4. The van der Waals surface area contributed by atoms with Crippen molar-refractivity contribution in [3.8, 4) is 28.3 Å². The molecule has 0 saturated heterocycles. The molecule has 0 unspecified atom stereocenters. The van der Waals surface area contributed by atoms with E-state index in [1.54, 1.807) is 22.7 Å². The molecule has 1 amide bonds. The Morgan fingerprint density at radius 3 is 2.36 bits per heavy atom. The monoisotopic (exact) mass is 691 g/mol. The zero-order valence-corrected chi connectivity index (χ0v) is 25.9. The summed E-state index contributed by atoms with van der Waals surface area (Å²) in [6.45, 7) is 0. The molecule has 10 nitrogen and oxygen atoms in total. The number of anilines is 4. The highest BCUT2D eigenvalue weighted by molar-refractivity contribution is 6.05. The molecule has 3 aromatic carbocycles. The van der Waals surface area contributed by atoms with Crippen molar-refractivity contribution in [2.75, 3.05) is 29.6 Å². The second-order valence-corrected chi connectivity index (χ2v) is 10.9. The number of alkyl halides is 3. The van der Waals surface area contributed by atoms with E-state index in [2.05, 4.69) is 25.3 Å². The first-order valence-electron chi connectivity index (χ1n) is 14.5. The minimum atomic E-state index is -5.46. The summed E-state index contributed by atoms with van der Waals surface area (Å²) in [7, 11) is 3.66. The molecule has 50 heavy (non-hydrogen) atoms. The standard InChI is InChI=1S/C34H23F6N7O3/c1-46(2)26-11-5-10-24-28(23-14-15-41-33(44-23)43-21-9-4-7-19(35)17-21)30(45-47(24)26)18-6-3-8-20(16-18)42-31(48)27-22(36)12-13-25(29(27)37)50-32(49)34(38,39)40/h3-17H,1-2H3,(H,42,48)(H,41,43,44). The Labute approximate surface area is 279 Å². The van der Waals surface area contributed by atoms with Crippen LogP contribution in [0.15, 0.2) is 91.1 Å². The van der Waals surface area contributed by atoms with Crippen LogP contribution in [0.25, 0.3) is 28.0 Å². The highest BCUT2D eigenvalue weighted by Gasteiger charge is 2.42. The molecule has 254 valence electrons. The van der Waals surface area contributed by atoms with Gasteiger partial charge < -0.3 is 20.3 Å². The van der Waals surface area contributed by atoms with Gasteiger partial charge >= 0.3 is 12.1 Å². The first-order chi connectivity index (χ1) is 23.8. The number of pyridine rings is 1. The molecule has 0 aliphatic heterocycles. The van der Waals surface area contributed by atoms with E-state index in [1.807, 2.05) is 37.2 Å². The predicted molar refractivity (Wildman–Crippen MR) is 172 cm³/mol. The first-order valence-corrected chi connectivity index (χ1v) is 14.5. The molecule has 3 aromatic heterocycles. The number of hydrogen-bond acceptors (Lipinski definition) is 8. The van der Waals surface area contributed by atoms with Crippen LogP contribution >= 0.6 is 0 Å². The van der Waals surface area contributed by atoms with Crippen LogP contribution in [0.2, 0.25) is 0 Å². The number of benzene rings is 3. The number of halogens is 6. The van der Waals surface area contributed by atoms with E-state index in [0.29, 0.717) is 51.7 Å². The summed E-state index contributed by atoms with van der Waals surface area (Å²) >= 11 is 0. The third-order valence-corrected chi connectivity index (χ3v) is 7.20. The van der Waals surface area contributed by atoms with Gasteiger partial charge in [-0.05, 0) is 60.7 Å². The number of fused-ring (bicyclic) bond motifs is 1. The second kappa shape index (κ2) is 13.2. The number of carbonyl (C=O) groups excluding carboxylic acids is 2. The molecule has 6 rings (SSSR count). The fourth-order valence-corrected chi connectivity index (χ4v) is 5.02. The van der Waals surface area contributed by atoms with Crippen molar-refractivity contribution >= 4 is 40.5 Å². The van der Waals surface area contributed by atoms with Crippen LogP contribution in [-0.4, -0.2) is 51.7 Å². The van der Waals surface area contributed by atoms with Crippen LogP contribution < -0.4 is 20.3 Å². The van der Waals surface area contributed by atoms with Gasteiger partial charge in [-0.25, -0.2) is 32.4 Å². The Morgan fingerprint density at radius 2 is 1.62 bits per heavy atom. The van der Waals surface area contributed by atoms with E-state index in [-0.39, 0.29) is 11.6 Å². The van der Waals surface area contributed by atoms with Crippen molar-refractivity contribution < 1.29 is 40.7 Å². The quantitative estimate of drug-likeness (QED) is 0.0965. The van der Waals surface area contributed by atoms with Crippen molar-refractivity contribution in [2.45, 2.75) is 6.18 Å². The van der Waals surface area contributed by atoms with E-state index >= 15 is 4.39 Å². The third-order valence-electron chi connectivity index (χ3n) is 7.20. The minimum absolute atomic E-state index is 0.0379. The Kier molecular flexibility index (Phi) is 8.84. The van der Waals surface area contributed by atoms with Gasteiger partial charge in [0.2, 0.25) is 5.95 Å². The van der Waals surface area contributed by atoms with Crippen LogP contribution in [-0.2, 0) is 4.79 Å². The molecule has 16 heteroatoms. The summed E-state index contributed by atoms with van der Waals surface area (Å²) < 4.78 is 87.2. The van der Waals surface area contributed by atoms with E-state index in [9.17, 15) is 31.5 Å². The van der Waals surface area contributed by atoms with Crippen LogP contribution in [0.4, 0.5) is 49.5 Å². The van der Waals surface area contributed by atoms with Crippen LogP contribution in [0.3, 0.4) is 0 Å². The Hall–Kier alpha value is -6.45. The van der Waals surface area contributed by atoms with Gasteiger partial charge in [-0.1, -0.05) is 24.3 Å². The molecule has 0 fully saturated rings. The number of aromatic nitrogens is 4. The molecule has 0 saturated carbocycles. The number of hydrogen-bond donors (Lipinski definition) is 2. The van der Waals surface area contributed by atoms with Gasteiger partial charge in [-0.15, -0.1) is 0 Å². The van der Waals surface area contributed by atoms with Crippen molar-refractivity contribution in [1.29, 1.82) is 0 Å². The number of esters is 1. The number of nitrogens with one attached hydrogen (secondary N) is 2. The predicted octanol–water partition coefficient (Wildman–Crippen LogP) is 7.41. The van der Waals surface area contributed by atoms with Gasteiger partial charge in [0.1, 0.15) is 28.7 Å². The maximum atomic E-state index is 15.0. The fraction of sp³-hybridized carbons (Fsp3) is 0.0882. The van der Waals surface area contributed by atoms with E-state index in [0.717, 1.165) is 0 Å². The lowest BCUT2D eigenvalue weighted by molar-refractivity contribution is -0.189. The SMILES string of the molecule is CN(C)c1cccc2c(-c3ccnc(Nc4cccc(F)c4)n3)c(-c3cccc(NC(=O)c4c(F)ccc(OC(=O)C(F)(F)F)c4F)c3)nn12. The Balaban J connectivity index is 1.39. The van der Waals surface area contributed by atoms with Crippen LogP contribution in [0.5, 0.6) is 5.75 Å². The molecule has 0 spiro atoms. The fourth-order valence-electron chi connectivity index (χ4n) is 5.02. The van der Waals surface area contributed by atoms with E-state index in [1.165, 1.54) is 42.6 Å². The van der Waals surface area contributed by atoms with Gasteiger partial charge in [0.05, 0.1) is 16.8 Å². The second-order valence-electron chi connectivity index (χ2n) is 10.9. The maximum absolute atomic E-state index is 15.0. The summed E-state index contributed by atoms with van der Waals surface area (Å²) in [4.78, 5) is 35.1. The van der Waals surface area contributed by atoms with Gasteiger partial charge in [0.25, 0.3) is 5.91 Å². The lowest BCUT2D eigenvalue weighted by Crippen LogP contribution is -2.28. The summed E-state index contributed by atoms with van der Waals surface area (Å²) in [6, 6.07) is 19.9. The molecular weight excluding hydrogens is 668 g/mol. The number of ether oxygens (including phenoxy) is 1. The number of amides is 1. The van der Waals surface area contributed by atoms with E-state index in [4.69, 9.17) is 5.10 Å². The molecule has 3 heterocycles. The summed E-state index contributed by atoms with van der Waals surface area (Å²) in [5.74, 6) is -8.20. The van der Waals surface area contributed by atoms with Crippen molar-refractivity contribution in [2.24, 2.45) is 0 Å². The van der Waals surface area contributed by atoms with Gasteiger partial charge in [-0.2, -0.15) is 18.3 Å². The molecule has 2 N–H and O–H groups in total. The zero-order valence-electron chi connectivity index (χ0n) is 25.9. The highest BCUT2D eigenvalue weighted by atomic mass is 19.4. The summed E-state index contributed by atoms with van der Waals surface area (Å²) in [5, 5.41) is 10.1. The van der Waals surface area contributed by atoms with Gasteiger partial charge in [0, 0.05) is 37.2 Å². The van der Waals surface area contributed by atoms with E-state index < -0.39 is 46.8 Å². The lowest BCUT2D eigenvalue weighted by Gasteiger charge is -2.13. The van der Waals surface area contributed by atoms with Gasteiger partial charge in [-0.3, -0.25) is 4.79 Å². The first kappa shape index (κ1) is 33.5. The van der Waals surface area contributed by atoms with Crippen molar-refractivity contribution in [1.82, 2.24) is 19.6 Å². The van der Waals surface area contributed by atoms with Crippen LogP contribution in [0, 0.1) is 17.5 Å². The number of carbonyl (C=O) groups is 2. The molecular formula is C34H23F6N7O3. The largest absolute Gasteiger partial charge is 0.491 e. The molecule has 0 aliphatic rings.